The number of rotatable bonds is 5. The number of hydrogen-bond donors (Lipinski definition) is 1. The van der Waals surface area contributed by atoms with Crippen molar-refractivity contribution in [3.63, 3.8) is 0 Å². The molecule has 0 radical (unpaired) electrons. The van der Waals surface area contributed by atoms with Crippen LogP contribution in [0, 0.1) is 6.92 Å². The molecule has 0 bridgehead atoms. The summed E-state index contributed by atoms with van der Waals surface area (Å²) in [7, 11) is -2.96. The van der Waals surface area contributed by atoms with Crippen molar-refractivity contribution < 1.29 is 8.42 Å². The molecule has 1 saturated heterocycles. The summed E-state index contributed by atoms with van der Waals surface area (Å²) in [5, 5.41) is 0. The first-order valence-corrected chi connectivity index (χ1v) is 8.81. The molecule has 0 spiro atoms. The summed E-state index contributed by atoms with van der Waals surface area (Å²) in [6.45, 7) is 5.77. The minimum absolute atomic E-state index is 0.163. The molecule has 1 aliphatic rings. The van der Waals surface area contributed by atoms with Gasteiger partial charge in [-0.3, -0.25) is 9.88 Å². The minimum atomic E-state index is -2.96. The van der Waals surface area contributed by atoms with Gasteiger partial charge in [0, 0.05) is 24.3 Å². The fourth-order valence-corrected chi connectivity index (χ4v) is 5.04. The van der Waals surface area contributed by atoms with Crippen LogP contribution in [0.15, 0.2) is 18.2 Å². The lowest BCUT2D eigenvalue weighted by Gasteiger charge is -2.38. The van der Waals surface area contributed by atoms with Crippen LogP contribution in [0.3, 0.4) is 0 Å². The Balaban J connectivity index is 2.23. The summed E-state index contributed by atoms with van der Waals surface area (Å²) in [5.41, 5.74) is 7.43. The number of aromatic nitrogens is 1. The maximum Gasteiger partial charge on any atom is 0.152 e. The molecule has 0 aliphatic carbocycles. The second kappa shape index (κ2) is 5.79. The maximum absolute atomic E-state index is 11.8. The quantitative estimate of drug-likeness (QED) is 0.867. The maximum atomic E-state index is 11.8. The Labute approximate surface area is 121 Å². The summed E-state index contributed by atoms with van der Waals surface area (Å²) < 4.78 is 23.7. The highest BCUT2D eigenvalue weighted by Crippen LogP contribution is 2.30. The first kappa shape index (κ1) is 15.4. The Morgan fingerprint density at radius 2 is 2.20 bits per heavy atom. The van der Waals surface area contributed by atoms with Gasteiger partial charge in [0.15, 0.2) is 9.84 Å². The van der Waals surface area contributed by atoms with Crippen LogP contribution in [0.25, 0.3) is 0 Å². The summed E-state index contributed by atoms with van der Waals surface area (Å²) in [6, 6.07) is 5.91. The lowest BCUT2D eigenvalue weighted by Crippen LogP contribution is -2.54. The van der Waals surface area contributed by atoms with E-state index in [1.54, 1.807) is 0 Å². The van der Waals surface area contributed by atoms with Crippen molar-refractivity contribution in [2.45, 2.75) is 32.4 Å². The molecular weight excluding hydrogens is 274 g/mol. The van der Waals surface area contributed by atoms with E-state index in [1.165, 1.54) is 0 Å². The van der Waals surface area contributed by atoms with Gasteiger partial charge in [-0.15, -0.1) is 0 Å². The van der Waals surface area contributed by atoms with E-state index in [1.807, 2.05) is 32.0 Å². The Morgan fingerprint density at radius 1 is 1.45 bits per heavy atom. The largest absolute Gasteiger partial charge is 0.329 e. The minimum Gasteiger partial charge on any atom is -0.329 e. The molecule has 0 saturated carbocycles. The molecule has 2 heterocycles. The SMILES string of the molecule is CCN(Cc1cccc(C)n1)C1(CN)CCS(=O)(=O)C1. The normalized spacial score (nSPS) is 25.2. The number of nitrogens with two attached hydrogens (primary N) is 1. The van der Waals surface area contributed by atoms with E-state index in [0.717, 1.165) is 17.9 Å². The highest BCUT2D eigenvalue weighted by Gasteiger charge is 2.45. The Kier molecular flexibility index (Phi) is 4.46. The smallest absolute Gasteiger partial charge is 0.152 e. The average molecular weight is 297 g/mol. The first-order chi connectivity index (χ1) is 9.41. The molecule has 6 heteroatoms. The fourth-order valence-electron chi connectivity index (χ4n) is 2.94. The number of aryl methyl sites for hydroxylation is 1. The van der Waals surface area contributed by atoms with Crippen LogP contribution in [-0.2, 0) is 16.4 Å². The molecule has 1 fully saturated rings. The molecule has 1 unspecified atom stereocenters. The number of pyridine rings is 1. The summed E-state index contributed by atoms with van der Waals surface area (Å²) in [5.74, 6) is 0.401. The Morgan fingerprint density at radius 3 is 2.70 bits per heavy atom. The van der Waals surface area contributed by atoms with E-state index in [9.17, 15) is 8.42 Å². The van der Waals surface area contributed by atoms with E-state index in [-0.39, 0.29) is 11.5 Å². The zero-order valence-electron chi connectivity index (χ0n) is 12.2. The van der Waals surface area contributed by atoms with Crippen LogP contribution >= 0.6 is 0 Å². The van der Waals surface area contributed by atoms with Crippen molar-refractivity contribution in [2.75, 3.05) is 24.6 Å². The number of nitrogens with zero attached hydrogens (tertiary/aromatic N) is 2. The fraction of sp³-hybridized carbons (Fsp3) is 0.643. The van der Waals surface area contributed by atoms with Crippen molar-refractivity contribution in [1.29, 1.82) is 0 Å². The van der Waals surface area contributed by atoms with Gasteiger partial charge in [0.1, 0.15) is 0 Å². The van der Waals surface area contributed by atoms with E-state index in [0.29, 0.717) is 19.5 Å². The Bertz CT molecular complexity index is 574. The number of likely N-dealkylation sites (N-methyl/N-ethyl adjacent to an activating group) is 1. The number of sulfone groups is 1. The van der Waals surface area contributed by atoms with Gasteiger partial charge in [-0.25, -0.2) is 8.42 Å². The average Bonchev–Trinajstić information content (AvgIpc) is 2.73. The molecule has 20 heavy (non-hydrogen) atoms. The van der Waals surface area contributed by atoms with Crippen molar-refractivity contribution in [3.8, 4) is 0 Å². The third kappa shape index (κ3) is 3.19. The van der Waals surface area contributed by atoms with Gasteiger partial charge in [0.25, 0.3) is 0 Å². The van der Waals surface area contributed by atoms with Crippen LogP contribution in [0.1, 0.15) is 24.7 Å². The van der Waals surface area contributed by atoms with Gasteiger partial charge in [-0.05, 0) is 32.0 Å². The molecule has 2 N–H and O–H groups in total. The van der Waals surface area contributed by atoms with Crippen molar-refractivity contribution in [1.82, 2.24) is 9.88 Å². The van der Waals surface area contributed by atoms with Gasteiger partial charge >= 0.3 is 0 Å². The second-order valence-corrected chi connectivity index (χ2v) is 7.74. The van der Waals surface area contributed by atoms with Crippen LogP contribution in [0.5, 0.6) is 0 Å². The lowest BCUT2D eigenvalue weighted by atomic mass is 9.96. The molecule has 1 aliphatic heterocycles. The van der Waals surface area contributed by atoms with Crippen molar-refractivity contribution >= 4 is 9.84 Å². The van der Waals surface area contributed by atoms with E-state index >= 15 is 0 Å². The summed E-state index contributed by atoms with van der Waals surface area (Å²) in [6.07, 6.45) is 0.617. The van der Waals surface area contributed by atoms with Crippen LogP contribution in [0.2, 0.25) is 0 Å². The highest BCUT2D eigenvalue weighted by atomic mass is 32.2. The topological polar surface area (TPSA) is 76.3 Å². The van der Waals surface area contributed by atoms with Gasteiger partial charge < -0.3 is 5.73 Å². The summed E-state index contributed by atoms with van der Waals surface area (Å²) in [4.78, 5) is 6.67. The molecule has 1 aromatic heterocycles. The number of hydrogen-bond acceptors (Lipinski definition) is 5. The van der Waals surface area contributed by atoms with Crippen LogP contribution in [0.4, 0.5) is 0 Å². The van der Waals surface area contributed by atoms with Gasteiger partial charge in [0.05, 0.1) is 17.2 Å². The van der Waals surface area contributed by atoms with Crippen LogP contribution < -0.4 is 5.73 Å². The molecule has 2 rings (SSSR count). The van der Waals surface area contributed by atoms with E-state index in [4.69, 9.17) is 5.73 Å². The Hall–Kier alpha value is -0.980. The van der Waals surface area contributed by atoms with Crippen LogP contribution in [-0.4, -0.2) is 48.4 Å². The molecule has 112 valence electrons. The lowest BCUT2D eigenvalue weighted by molar-refractivity contribution is 0.113. The van der Waals surface area contributed by atoms with Crippen molar-refractivity contribution in [2.24, 2.45) is 5.73 Å². The zero-order valence-corrected chi connectivity index (χ0v) is 13.0. The third-order valence-electron chi connectivity index (χ3n) is 4.10. The van der Waals surface area contributed by atoms with Gasteiger partial charge in [0.2, 0.25) is 0 Å². The standard InChI is InChI=1S/C14H23N3O2S/c1-3-17(9-13-6-4-5-12(2)16-13)14(10-15)7-8-20(18,19)11-14/h4-6H,3,7-11,15H2,1-2H3. The highest BCUT2D eigenvalue weighted by molar-refractivity contribution is 7.91. The predicted octanol–water partition coefficient (Wildman–Crippen LogP) is 0.728. The monoisotopic (exact) mass is 297 g/mol. The van der Waals surface area contributed by atoms with Crippen molar-refractivity contribution in [3.05, 3.63) is 29.6 Å². The van der Waals surface area contributed by atoms with E-state index in [2.05, 4.69) is 9.88 Å². The molecule has 1 atom stereocenters. The molecule has 0 amide bonds. The van der Waals surface area contributed by atoms with Gasteiger partial charge in [-0.1, -0.05) is 13.0 Å². The third-order valence-corrected chi connectivity index (χ3v) is 5.90. The summed E-state index contributed by atoms with van der Waals surface area (Å²) >= 11 is 0. The predicted molar refractivity (Wildman–Crippen MR) is 80.1 cm³/mol. The molecular formula is C14H23N3O2S. The molecule has 1 aromatic rings. The van der Waals surface area contributed by atoms with Gasteiger partial charge in [-0.2, -0.15) is 0 Å². The second-order valence-electron chi connectivity index (χ2n) is 5.55. The van der Waals surface area contributed by atoms with E-state index < -0.39 is 15.4 Å². The zero-order chi connectivity index (χ0) is 14.8. The molecule has 0 aromatic carbocycles. The first-order valence-electron chi connectivity index (χ1n) is 6.99. The molecule has 5 nitrogen and oxygen atoms in total.